The minimum Gasteiger partial charge on any atom is -0.497 e. The topological polar surface area (TPSA) is 38.8 Å². The number of hydrogen-bond acceptors (Lipinski definition) is 3. The lowest BCUT2D eigenvalue weighted by atomic mass is 10.2. The number of methoxy groups -OCH3 is 2. The van der Waals surface area contributed by atoms with Crippen LogP contribution in [0.2, 0.25) is 0 Å². The second kappa shape index (κ2) is 6.30. The van der Waals surface area contributed by atoms with Crippen LogP contribution in [0.1, 0.15) is 0 Å². The van der Waals surface area contributed by atoms with Crippen molar-refractivity contribution >= 4 is 28.3 Å². The van der Waals surface area contributed by atoms with Crippen LogP contribution in [0.3, 0.4) is 0 Å². The molecule has 2 rings (SSSR count). The summed E-state index contributed by atoms with van der Waals surface area (Å²) in [6.45, 7) is 0. The molecule has 0 unspecified atom stereocenters. The normalized spacial score (nSPS) is 9.95. The first-order valence-corrected chi connectivity index (χ1v) is 6.31. The van der Waals surface area contributed by atoms with Crippen molar-refractivity contribution in [3.05, 3.63) is 48.5 Å². The van der Waals surface area contributed by atoms with Gasteiger partial charge in [-0.25, -0.2) is 0 Å². The number of ether oxygens (including phenoxy) is 2. The van der Waals surface area contributed by atoms with E-state index in [0.717, 1.165) is 0 Å². The molecule has 1 amide bonds. The number of halogens is 1. The van der Waals surface area contributed by atoms with E-state index in [0.29, 0.717) is 22.9 Å². The average Bonchev–Trinajstić information content (AvgIpc) is 2.48. The molecule has 0 heterocycles. The molecule has 0 aliphatic heterocycles. The van der Waals surface area contributed by atoms with E-state index >= 15 is 0 Å². The summed E-state index contributed by atoms with van der Waals surface area (Å²) in [6, 6.07) is 14.1. The summed E-state index contributed by atoms with van der Waals surface area (Å²) < 4.78 is 10.2. The second-order valence-electron chi connectivity index (χ2n) is 3.98. The van der Waals surface area contributed by atoms with E-state index in [-0.39, 0.29) is 0 Å². The number of carbonyl (C=O) groups excluding carboxylic acids is 1. The smallest absolute Gasteiger partial charge is 0.325 e. The van der Waals surface area contributed by atoms with Gasteiger partial charge in [0.1, 0.15) is 11.5 Å². The molecule has 0 saturated carbocycles. The molecule has 5 heteroatoms. The zero-order valence-electron chi connectivity index (χ0n) is 11.2. The summed E-state index contributed by atoms with van der Waals surface area (Å²) in [6.07, 6.45) is 0. The fraction of sp³-hybridized carbons (Fsp3) is 0.133. The Labute approximate surface area is 122 Å². The third-order valence-corrected chi connectivity index (χ3v) is 3.01. The number of hydrogen-bond donors (Lipinski definition) is 0. The van der Waals surface area contributed by atoms with Crippen LogP contribution in [0.15, 0.2) is 48.5 Å². The Morgan fingerprint density at radius 3 is 1.45 bits per heavy atom. The highest BCUT2D eigenvalue weighted by molar-refractivity contribution is 6.66. The van der Waals surface area contributed by atoms with Crippen LogP contribution in [-0.4, -0.2) is 19.6 Å². The number of amides is 1. The molecule has 0 aliphatic carbocycles. The molecule has 0 radical (unpaired) electrons. The predicted octanol–water partition coefficient (Wildman–Crippen LogP) is 4.20. The first-order chi connectivity index (χ1) is 9.65. The summed E-state index contributed by atoms with van der Waals surface area (Å²) >= 11 is 5.68. The van der Waals surface area contributed by atoms with E-state index in [2.05, 4.69) is 0 Å². The van der Waals surface area contributed by atoms with Gasteiger partial charge in [0.2, 0.25) is 0 Å². The molecule has 104 valence electrons. The second-order valence-corrected chi connectivity index (χ2v) is 4.31. The van der Waals surface area contributed by atoms with E-state index in [1.165, 1.54) is 4.90 Å². The van der Waals surface area contributed by atoms with Gasteiger partial charge in [0.25, 0.3) is 0 Å². The Morgan fingerprint density at radius 1 is 0.850 bits per heavy atom. The Kier molecular flexibility index (Phi) is 4.48. The van der Waals surface area contributed by atoms with Gasteiger partial charge in [0, 0.05) is 0 Å². The predicted molar refractivity (Wildman–Crippen MR) is 79.4 cm³/mol. The number of carbonyl (C=O) groups is 1. The Bertz CT molecular complexity index is 534. The molecular weight excluding hydrogens is 278 g/mol. The molecule has 0 spiro atoms. The van der Waals surface area contributed by atoms with Gasteiger partial charge in [-0.2, -0.15) is 0 Å². The lowest BCUT2D eigenvalue weighted by Crippen LogP contribution is -2.19. The molecular formula is C15H14ClNO3. The van der Waals surface area contributed by atoms with Crippen LogP contribution in [0, 0.1) is 0 Å². The lowest BCUT2D eigenvalue weighted by Gasteiger charge is -2.20. The molecule has 0 bridgehead atoms. The van der Waals surface area contributed by atoms with Gasteiger partial charge in [-0.15, -0.1) is 0 Å². The van der Waals surface area contributed by atoms with Gasteiger partial charge in [-0.3, -0.25) is 9.69 Å². The van der Waals surface area contributed by atoms with Gasteiger partial charge in [0.05, 0.1) is 25.6 Å². The number of benzene rings is 2. The van der Waals surface area contributed by atoms with E-state index in [1.807, 2.05) is 0 Å². The molecule has 4 nitrogen and oxygen atoms in total. The third kappa shape index (κ3) is 3.03. The summed E-state index contributed by atoms with van der Waals surface area (Å²) in [7, 11) is 3.17. The van der Waals surface area contributed by atoms with Crippen molar-refractivity contribution in [3.8, 4) is 11.5 Å². The van der Waals surface area contributed by atoms with Crippen molar-refractivity contribution in [2.24, 2.45) is 0 Å². The quantitative estimate of drug-likeness (QED) is 0.626. The fourth-order valence-electron chi connectivity index (χ4n) is 1.81. The van der Waals surface area contributed by atoms with E-state index < -0.39 is 5.37 Å². The van der Waals surface area contributed by atoms with Crippen LogP contribution in [0.5, 0.6) is 11.5 Å². The highest BCUT2D eigenvalue weighted by atomic mass is 35.5. The van der Waals surface area contributed by atoms with Crippen LogP contribution < -0.4 is 14.4 Å². The maximum absolute atomic E-state index is 11.7. The molecule has 2 aromatic rings. The molecule has 2 aromatic carbocycles. The van der Waals surface area contributed by atoms with Crippen LogP contribution >= 0.6 is 11.6 Å². The van der Waals surface area contributed by atoms with Gasteiger partial charge in [0.15, 0.2) is 0 Å². The van der Waals surface area contributed by atoms with Crippen LogP contribution in [0.4, 0.5) is 16.2 Å². The summed E-state index contributed by atoms with van der Waals surface area (Å²) in [5.41, 5.74) is 1.33. The highest BCUT2D eigenvalue weighted by Crippen LogP contribution is 2.29. The van der Waals surface area contributed by atoms with Crippen molar-refractivity contribution in [2.45, 2.75) is 0 Å². The molecule has 0 atom stereocenters. The maximum atomic E-state index is 11.7. The molecule has 0 saturated heterocycles. The van der Waals surface area contributed by atoms with Gasteiger partial charge >= 0.3 is 5.37 Å². The van der Waals surface area contributed by atoms with Gasteiger partial charge in [-0.05, 0) is 60.1 Å². The maximum Gasteiger partial charge on any atom is 0.325 e. The van der Waals surface area contributed by atoms with E-state index in [9.17, 15) is 4.79 Å². The first kappa shape index (κ1) is 14.2. The minimum atomic E-state index is -0.583. The minimum absolute atomic E-state index is 0.583. The number of anilines is 2. The average molecular weight is 292 g/mol. The molecule has 20 heavy (non-hydrogen) atoms. The monoisotopic (exact) mass is 291 g/mol. The van der Waals surface area contributed by atoms with Crippen LogP contribution in [0.25, 0.3) is 0 Å². The zero-order chi connectivity index (χ0) is 14.5. The Hall–Kier alpha value is -2.20. The standard InChI is InChI=1S/C15H14ClNO3/c1-19-13-7-3-11(4-8-13)17(15(16)18)12-5-9-14(20-2)10-6-12/h3-10H,1-2H3. The lowest BCUT2D eigenvalue weighted by molar-refractivity contribution is 0.266. The van der Waals surface area contributed by atoms with E-state index in [4.69, 9.17) is 21.1 Å². The molecule has 0 aromatic heterocycles. The molecule has 0 N–H and O–H groups in total. The number of nitrogens with zero attached hydrogens (tertiary/aromatic N) is 1. The largest absolute Gasteiger partial charge is 0.497 e. The summed E-state index contributed by atoms with van der Waals surface area (Å²) in [5, 5.41) is -0.583. The summed E-state index contributed by atoms with van der Waals surface area (Å²) in [4.78, 5) is 13.1. The van der Waals surface area contributed by atoms with Crippen LogP contribution in [-0.2, 0) is 0 Å². The SMILES string of the molecule is COc1ccc(N(C(=O)Cl)c2ccc(OC)cc2)cc1. The molecule has 0 fully saturated rings. The van der Waals surface area contributed by atoms with Crippen molar-refractivity contribution in [1.82, 2.24) is 0 Å². The number of rotatable bonds is 4. The Balaban J connectivity index is 2.36. The Morgan fingerprint density at radius 2 is 1.20 bits per heavy atom. The van der Waals surface area contributed by atoms with Gasteiger partial charge in [-0.1, -0.05) is 0 Å². The van der Waals surface area contributed by atoms with Crippen molar-refractivity contribution < 1.29 is 14.3 Å². The first-order valence-electron chi connectivity index (χ1n) is 5.93. The van der Waals surface area contributed by atoms with Crippen molar-refractivity contribution in [1.29, 1.82) is 0 Å². The van der Waals surface area contributed by atoms with Gasteiger partial charge < -0.3 is 9.47 Å². The zero-order valence-corrected chi connectivity index (χ0v) is 11.9. The highest BCUT2D eigenvalue weighted by Gasteiger charge is 2.15. The van der Waals surface area contributed by atoms with Crippen molar-refractivity contribution in [2.75, 3.05) is 19.1 Å². The van der Waals surface area contributed by atoms with E-state index in [1.54, 1.807) is 62.8 Å². The van der Waals surface area contributed by atoms with Crippen molar-refractivity contribution in [3.63, 3.8) is 0 Å². The fourth-order valence-corrected chi connectivity index (χ4v) is 2.01. The summed E-state index contributed by atoms with van der Waals surface area (Å²) in [5.74, 6) is 1.43. The molecule has 0 aliphatic rings. The third-order valence-electron chi connectivity index (χ3n) is 2.84.